The minimum absolute atomic E-state index is 0.0229. The standard InChI is InChI=1S/C28H50NO4P/c1-20(2)32-19-23(30)18-29-34(31)33-17-7-9-22-11-13-25-24-12-10-21-8-5-6-15-27(21,3)26(24)14-16-28(22,25)4/h20-22,24-26,34H,5-19H2,1-4H3,(H,29,31)/t21?,22-,24?,25?,26?,27?,28?/m0/s1. The minimum Gasteiger partial charge on any atom is -0.371 e. The highest BCUT2D eigenvalue weighted by Crippen LogP contribution is 2.67. The van der Waals surface area contributed by atoms with Gasteiger partial charge in [-0.25, -0.2) is 5.09 Å². The van der Waals surface area contributed by atoms with Crippen LogP contribution >= 0.6 is 8.18 Å². The van der Waals surface area contributed by atoms with Gasteiger partial charge in [0.05, 0.1) is 19.3 Å². The van der Waals surface area contributed by atoms with E-state index in [-0.39, 0.29) is 25.0 Å². The maximum atomic E-state index is 12.1. The highest BCUT2D eigenvalue weighted by molar-refractivity contribution is 7.36. The number of hydrogen-bond acceptors (Lipinski definition) is 4. The van der Waals surface area contributed by atoms with Crippen molar-refractivity contribution in [3.63, 3.8) is 0 Å². The molecule has 4 aliphatic rings. The predicted molar refractivity (Wildman–Crippen MR) is 138 cm³/mol. The normalized spacial score (nSPS) is 40.4. The summed E-state index contributed by atoms with van der Waals surface area (Å²) in [4.78, 5) is 11.8. The third-order valence-electron chi connectivity index (χ3n) is 10.7. The highest BCUT2D eigenvalue weighted by Gasteiger charge is 2.59. The monoisotopic (exact) mass is 495 g/mol. The van der Waals surface area contributed by atoms with Crippen LogP contribution in [0.5, 0.6) is 0 Å². The van der Waals surface area contributed by atoms with E-state index in [4.69, 9.17) is 9.26 Å². The van der Waals surface area contributed by atoms with E-state index in [9.17, 15) is 9.36 Å². The number of nitrogens with one attached hydrogen (secondary N) is 1. The van der Waals surface area contributed by atoms with Crippen molar-refractivity contribution >= 4 is 14.0 Å². The Morgan fingerprint density at radius 2 is 1.79 bits per heavy atom. The second kappa shape index (κ2) is 11.4. The van der Waals surface area contributed by atoms with Crippen molar-refractivity contribution in [1.29, 1.82) is 0 Å². The first kappa shape index (κ1) is 26.8. The van der Waals surface area contributed by atoms with Crippen LogP contribution in [0.25, 0.3) is 0 Å². The zero-order valence-corrected chi connectivity index (χ0v) is 23.2. The molecule has 4 fully saturated rings. The molecule has 0 spiro atoms. The van der Waals surface area contributed by atoms with E-state index in [1.807, 2.05) is 13.8 Å². The van der Waals surface area contributed by atoms with Gasteiger partial charge < -0.3 is 9.26 Å². The SMILES string of the molecule is CC(C)OCC(=O)CN[PH](=O)OCCC[C@H]1CCC2C3CCC4CCCCC4(C)C3CCC21C. The summed E-state index contributed by atoms with van der Waals surface area (Å²) in [6.45, 7) is 9.69. The van der Waals surface area contributed by atoms with Crippen LogP contribution in [0.2, 0.25) is 0 Å². The van der Waals surface area contributed by atoms with Crippen LogP contribution in [0.3, 0.4) is 0 Å². The molecule has 0 heterocycles. The zero-order valence-electron chi connectivity index (χ0n) is 22.2. The van der Waals surface area contributed by atoms with Crippen molar-refractivity contribution in [2.75, 3.05) is 19.8 Å². The van der Waals surface area contributed by atoms with Gasteiger partial charge >= 0.3 is 0 Å². The van der Waals surface area contributed by atoms with Gasteiger partial charge in [0.2, 0.25) is 0 Å². The lowest BCUT2D eigenvalue weighted by molar-refractivity contribution is -0.123. The van der Waals surface area contributed by atoms with Gasteiger partial charge in [-0.1, -0.05) is 26.7 Å². The molecular formula is C28H50NO4P. The molecule has 4 rings (SSSR count). The quantitative estimate of drug-likeness (QED) is 0.252. The second-order valence-electron chi connectivity index (χ2n) is 12.8. The van der Waals surface area contributed by atoms with Crippen LogP contribution in [0.4, 0.5) is 0 Å². The van der Waals surface area contributed by atoms with E-state index in [1.165, 1.54) is 70.6 Å². The minimum atomic E-state index is -2.37. The Balaban J connectivity index is 1.21. The Hall–Kier alpha value is -0.220. The number of hydrogen-bond donors (Lipinski definition) is 1. The summed E-state index contributed by atoms with van der Waals surface area (Å²) in [5.41, 5.74) is 1.11. The van der Waals surface area contributed by atoms with E-state index in [2.05, 4.69) is 18.9 Å². The van der Waals surface area contributed by atoms with E-state index in [1.54, 1.807) is 0 Å². The summed E-state index contributed by atoms with van der Waals surface area (Å²) in [7, 11) is -2.37. The van der Waals surface area contributed by atoms with Gasteiger partial charge in [0.1, 0.15) is 6.61 Å². The lowest BCUT2D eigenvalue weighted by Gasteiger charge is -2.60. The van der Waals surface area contributed by atoms with E-state index in [0.717, 1.165) is 36.0 Å². The summed E-state index contributed by atoms with van der Waals surface area (Å²) >= 11 is 0. The molecule has 4 aliphatic carbocycles. The van der Waals surface area contributed by atoms with E-state index >= 15 is 0 Å². The first-order valence-electron chi connectivity index (χ1n) is 14.3. The number of fused-ring (bicyclic) bond motifs is 5. The Morgan fingerprint density at radius 3 is 2.59 bits per heavy atom. The lowest BCUT2D eigenvalue weighted by Crippen LogP contribution is -2.52. The molecule has 34 heavy (non-hydrogen) atoms. The van der Waals surface area contributed by atoms with Crippen molar-refractivity contribution in [1.82, 2.24) is 5.09 Å². The van der Waals surface area contributed by atoms with Crippen molar-refractivity contribution in [2.45, 2.75) is 111 Å². The molecule has 0 radical (unpaired) electrons. The fourth-order valence-electron chi connectivity index (χ4n) is 8.91. The summed E-state index contributed by atoms with van der Waals surface area (Å²) in [5.74, 6) is 4.53. The number of Topliss-reactive ketones (excluding diaryl/α,β-unsaturated/α-hetero) is 1. The molecule has 6 heteroatoms. The largest absolute Gasteiger partial charge is 0.371 e. The summed E-state index contributed by atoms with van der Waals surface area (Å²) in [5, 5.41) is 2.74. The summed E-state index contributed by atoms with van der Waals surface area (Å²) < 4.78 is 23.0. The van der Waals surface area contributed by atoms with E-state index in [0.29, 0.717) is 17.4 Å². The third-order valence-corrected chi connectivity index (χ3v) is 11.6. The van der Waals surface area contributed by atoms with Gasteiger partial charge in [0.25, 0.3) is 8.18 Å². The Kier molecular flexibility index (Phi) is 9.03. The Bertz CT molecular complexity index is 729. The number of ketones is 1. The van der Waals surface area contributed by atoms with Crippen molar-refractivity contribution in [3.8, 4) is 0 Å². The predicted octanol–water partition coefficient (Wildman–Crippen LogP) is 6.81. The number of carbonyl (C=O) groups is 1. The third kappa shape index (κ3) is 5.68. The molecule has 0 aromatic rings. The molecule has 8 atom stereocenters. The molecule has 7 unspecified atom stereocenters. The first-order chi connectivity index (χ1) is 16.2. The fourth-order valence-corrected chi connectivity index (χ4v) is 9.68. The number of ether oxygens (including phenoxy) is 1. The fraction of sp³-hybridized carbons (Fsp3) is 0.964. The van der Waals surface area contributed by atoms with Gasteiger partial charge in [0.15, 0.2) is 5.78 Å². The lowest BCUT2D eigenvalue weighted by atomic mass is 9.45. The molecule has 0 aromatic carbocycles. The van der Waals surface area contributed by atoms with Crippen LogP contribution < -0.4 is 5.09 Å². The van der Waals surface area contributed by atoms with Gasteiger partial charge in [-0.15, -0.1) is 0 Å². The van der Waals surface area contributed by atoms with Gasteiger partial charge in [-0.05, 0) is 118 Å². The van der Waals surface area contributed by atoms with Crippen molar-refractivity contribution in [2.24, 2.45) is 40.4 Å². The van der Waals surface area contributed by atoms with Gasteiger partial charge in [-0.2, -0.15) is 0 Å². The summed E-state index contributed by atoms with van der Waals surface area (Å²) in [6.07, 6.45) is 16.7. The molecular weight excluding hydrogens is 445 g/mol. The smallest absolute Gasteiger partial charge is 0.258 e. The molecule has 0 bridgehead atoms. The Morgan fingerprint density at radius 1 is 1.00 bits per heavy atom. The molecule has 1 N–H and O–H groups in total. The zero-order chi connectivity index (χ0) is 24.3. The van der Waals surface area contributed by atoms with Crippen LogP contribution in [0.15, 0.2) is 0 Å². The average molecular weight is 496 g/mol. The number of rotatable bonds is 11. The topological polar surface area (TPSA) is 64.6 Å². The second-order valence-corrected chi connectivity index (χ2v) is 14.0. The molecule has 0 amide bonds. The van der Waals surface area contributed by atoms with Crippen LogP contribution in [-0.2, 0) is 18.6 Å². The first-order valence-corrected chi connectivity index (χ1v) is 15.6. The van der Waals surface area contributed by atoms with Gasteiger partial charge in [-0.3, -0.25) is 9.36 Å². The maximum Gasteiger partial charge on any atom is 0.258 e. The molecule has 196 valence electrons. The molecule has 0 saturated heterocycles. The number of carbonyl (C=O) groups excluding carboxylic acids is 1. The molecule has 0 aromatic heterocycles. The van der Waals surface area contributed by atoms with Crippen LogP contribution in [0.1, 0.15) is 105 Å². The Labute approximate surface area is 208 Å². The van der Waals surface area contributed by atoms with Crippen molar-refractivity contribution < 1.29 is 18.6 Å². The summed E-state index contributed by atoms with van der Waals surface area (Å²) in [6, 6.07) is 0. The molecule has 4 saturated carbocycles. The van der Waals surface area contributed by atoms with E-state index < -0.39 is 8.18 Å². The average Bonchev–Trinajstić information content (AvgIpc) is 3.15. The molecule has 5 nitrogen and oxygen atoms in total. The molecule has 0 aliphatic heterocycles. The van der Waals surface area contributed by atoms with Gasteiger partial charge in [0, 0.05) is 0 Å². The van der Waals surface area contributed by atoms with Crippen molar-refractivity contribution in [3.05, 3.63) is 0 Å². The highest BCUT2D eigenvalue weighted by atomic mass is 31.1. The van der Waals surface area contributed by atoms with Crippen LogP contribution in [0, 0.1) is 40.4 Å². The van der Waals surface area contributed by atoms with Crippen LogP contribution in [-0.4, -0.2) is 31.6 Å². The maximum absolute atomic E-state index is 12.1.